The number of piperidine rings is 1. The number of rotatable bonds is 1. The quantitative estimate of drug-likeness (QED) is 0.565. The monoisotopic (exact) mass is 155 g/mol. The van der Waals surface area contributed by atoms with Crippen LogP contribution in [0.2, 0.25) is 0 Å². The van der Waals surface area contributed by atoms with Gasteiger partial charge < -0.3 is 4.90 Å². The number of hydrogen-bond donors (Lipinski definition) is 0. The average Bonchev–Trinajstić information content (AvgIpc) is 2.04. The molecule has 0 bridgehead atoms. The zero-order valence-corrected chi connectivity index (χ0v) is 7.47. The highest BCUT2D eigenvalue weighted by Crippen LogP contribution is 2.16. The fraction of sp³-hybridized carbons (Fsp3) is 0.889. The maximum atomic E-state index is 11.3. The molecular formula is C9H17NO. The van der Waals surface area contributed by atoms with Gasteiger partial charge >= 0.3 is 0 Å². The van der Waals surface area contributed by atoms with Gasteiger partial charge in [0.05, 0.1) is 0 Å². The van der Waals surface area contributed by atoms with Crippen molar-refractivity contribution in [3.05, 3.63) is 0 Å². The normalized spacial score (nSPS) is 25.3. The van der Waals surface area contributed by atoms with Gasteiger partial charge in [-0.1, -0.05) is 6.92 Å². The molecule has 1 heterocycles. The molecule has 1 aliphatic heterocycles. The summed E-state index contributed by atoms with van der Waals surface area (Å²) in [5.74, 6) is 0.317. The van der Waals surface area contributed by atoms with E-state index in [1.54, 1.807) is 0 Å². The van der Waals surface area contributed by atoms with Crippen molar-refractivity contribution in [2.75, 3.05) is 6.54 Å². The molecule has 1 unspecified atom stereocenters. The number of nitrogens with zero attached hydrogens (tertiary/aromatic N) is 1. The number of carbonyl (C=O) groups excluding carboxylic acids is 1. The standard InChI is InChI=1S/C9H17NO/c1-3-9(11)10-7-5-4-6-8(10)2/h8H,3-7H2,1-2H3. The van der Waals surface area contributed by atoms with E-state index in [2.05, 4.69) is 6.92 Å². The van der Waals surface area contributed by atoms with Crippen molar-refractivity contribution in [1.29, 1.82) is 0 Å². The van der Waals surface area contributed by atoms with Crippen molar-refractivity contribution in [3.63, 3.8) is 0 Å². The summed E-state index contributed by atoms with van der Waals surface area (Å²) in [4.78, 5) is 13.3. The summed E-state index contributed by atoms with van der Waals surface area (Å²) < 4.78 is 0. The van der Waals surface area contributed by atoms with Gasteiger partial charge in [0.2, 0.25) is 5.91 Å². The maximum Gasteiger partial charge on any atom is 0.222 e. The van der Waals surface area contributed by atoms with E-state index in [0.29, 0.717) is 18.4 Å². The van der Waals surface area contributed by atoms with Gasteiger partial charge in [-0.25, -0.2) is 0 Å². The zero-order chi connectivity index (χ0) is 8.27. The van der Waals surface area contributed by atoms with E-state index in [0.717, 1.165) is 6.54 Å². The van der Waals surface area contributed by atoms with Crippen LogP contribution in [0.5, 0.6) is 0 Å². The Kier molecular flexibility index (Phi) is 2.92. The van der Waals surface area contributed by atoms with Crippen LogP contribution >= 0.6 is 0 Å². The van der Waals surface area contributed by atoms with E-state index in [9.17, 15) is 4.79 Å². The summed E-state index contributed by atoms with van der Waals surface area (Å²) in [6.45, 7) is 5.06. The Bertz CT molecular complexity index is 144. The lowest BCUT2D eigenvalue weighted by Crippen LogP contribution is -2.41. The molecule has 0 radical (unpaired) electrons. The summed E-state index contributed by atoms with van der Waals surface area (Å²) in [6, 6.07) is 0.483. The first-order chi connectivity index (χ1) is 5.25. The van der Waals surface area contributed by atoms with Gasteiger partial charge in [-0.15, -0.1) is 0 Å². The Labute approximate surface area is 68.6 Å². The first-order valence-corrected chi connectivity index (χ1v) is 4.55. The molecule has 1 amide bonds. The van der Waals surface area contributed by atoms with Gasteiger partial charge in [0.1, 0.15) is 0 Å². The molecule has 0 aliphatic carbocycles. The maximum absolute atomic E-state index is 11.3. The number of carbonyl (C=O) groups is 1. The van der Waals surface area contributed by atoms with Gasteiger partial charge in [-0.05, 0) is 26.2 Å². The molecule has 1 atom stereocenters. The molecule has 2 nitrogen and oxygen atoms in total. The van der Waals surface area contributed by atoms with Crippen molar-refractivity contribution >= 4 is 5.91 Å². The molecule has 1 saturated heterocycles. The fourth-order valence-corrected chi connectivity index (χ4v) is 1.67. The Balaban J connectivity index is 2.47. The van der Waals surface area contributed by atoms with Gasteiger partial charge in [-0.2, -0.15) is 0 Å². The molecule has 0 aromatic heterocycles. The second kappa shape index (κ2) is 3.74. The van der Waals surface area contributed by atoms with Crippen molar-refractivity contribution < 1.29 is 4.79 Å². The predicted octanol–water partition coefficient (Wildman–Crippen LogP) is 1.80. The molecule has 0 aromatic rings. The molecular weight excluding hydrogens is 138 g/mol. The fourth-order valence-electron chi connectivity index (χ4n) is 1.67. The summed E-state index contributed by atoms with van der Waals surface area (Å²) in [7, 11) is 0. The van der Waals surface area contributed by atoms with E-state index in [-0.39, 0.29) is 0 Å². The smallest absolute Gasteiger partial charge is 0.222 e. The summed E-state index contributed by atoms with van der Waals surface area (Å²) in [6.07, 6.45) is 4.32. The Morgan fingerprint density at radius 3 is 2.82 bits per heavy atom. The van der Waals surface area contributed by atoms with Gasteiger partial charge in [0.15, 0.2) is 0 Å². The van der Waals surface area contributed by atoms with E-state index in [1.165, 1.54) is 19.3 Å². The van der Waals surface area contributed by atoms with Crippen LogP contribution in [0.3, 0.4) is 0 Å². The van der Waals surface area contributed by atoms with Crippen molar-refractivity contribution in [2.45, 2.75) is 45.6 Å². The topological polar surface area (TPSA) is 20.3 Å². The molecule has 2 heteroatoms. The molecule has 1 aliphatic rings. The molecule has 11 heavy (non-hydrogen) atoms. The third-order valence-electron chi connectivity index (χ3n) is 2.43. The second-order valence-corrected chi connectivity index (χ2v) is 3.29. The van der Waals surface area contributed by atoms with Crippen molar-refractivity contribution in [1.82, 2.24) is 4.90 Å². The number of amides is 1. The van der Waals surface area contributed by atoms with Crippen LogP contribution < -0.4 is 0 Å². The molecule has 0 N–H and O–H groups in total. The zero-order valence-electron chi connectivity index (χ0n) is 7.47. The molecule has 1 rings (SSSR count). The minimum absolute atomic E-state index is 0.317. The molecule has 0 aromatic carbocycles. The SMILES string of the molecule is CCC(=O)N1CCCCC1C. The van der Waals surface area contributed by atoms with Gasteiger partial charge in [-0.3, -0.25) is 4.79 Å². The predicted molar refractivity (Wildman–Crippen MR) is 45.3 cm³/mol. The largest absolute Gasteiger partial charge is 0.340 e. The van der Waals surface area contributed by atoms with Gasteiger partial charge in [0, 0.05) is 19.0 Å². The van der Waals surface area contributed by atoms with Crippen LogP contribution in [0.25, 0.3) is 0 Å². The molecule has 0 saturated carbocycles. The van der Waals surface area contributed by atoms with Crippen LogP contribution in [0.4, 0.5) is 0 Å². The molecule has 64 valence electrons. The summed E-state index contributed by atoms with van der Waals surface area (Å²) >= 11 is 0. The van der Waals surface area contributed by atoms with Crippen molar-refractivity contribution in [3.8, 4) is 0 Å². The highest BCUT2D eigenvalue weighted by molar-refractivity contribution is 5.76. The highest BCUT2D eigenvalue weighted by atomic mass is 16.2. The lowest BCUT2D eigenvalue weighted by atomic mass is 10.0. The molecule has 0 spiro atoms. The average molecular weight is 155 g/mol. The number of likely N-dealkylation sites (tertiary alicyclic amines) is 1. The van der Waals surface area contributed by atoms with E-state index in [4.69, 9.17) is 0 Å². The summed E-state index contributed by atoms with van der Waals surface area (Å²) in [5.41, 5.74) is 0. The lowest BCUT2D eigenvalue weighted by molar-refractivity contribution is -0.134. The number of hydrogen-bond acceptors (Lipinski definition) is 1. The minimum Gasteiger partial charge on any atom is -0.340 e. The van der Waals surface area contributed by atoms with E-state index >= 15 is 0 Å². The van der Waals surface area contributed by atoms with Crippen LogP contribution in [0, 0.1) is 0 Å². The van der Waals surface area contributed by atoms with E-state index in [1.807, 2.05) is 11.8 Å². The van der Waals surface area contributed by atoms with Crippen LogP contribution in [0.15, 0.2) is 0 Å². The van der Waals surface area contributed by atoms with Gasteiger partial charge in [0.25, 0.3) is 0 Å². The van der Waals surface area contributed by atoms with Crippen molar-refractivity contribution in [2.24, 2.45) is 0 Å². The Morgan fingerprint density at radius 1 is 1.55 bits per heavy atom. The van der Waals surface area contributed by atoms with Crippen LogP contribution in [-0.4, -0.2) is 23.4 Å². The Morgan fingerprint density at radius 2 is 2.27 bits per heavy atom. The minimum atomic E-state index is 0.317. The highest BCUT2D eigenvalue weighted by Gasteiger charge is 2.21. The summed E-state index contributed by atoms with van der Waals surface area (Å²) in [5, 5.41) is 0. The molecule has 1 fully saturated rings. The van der Waals surface area contributed by atoms with Crippen LogP contribution in [0.1, 0.15) is 39.5 Å². The van der Waals surface area contributed by atoms with Crippen LogP contribution in [-0.2, 0) is 4.79 Å². The van der Waals surface area contributed by atoms with E-state index < -0.39 is 0 Å². The third kappa shape index (κ3) is 1.95. The second-order valence-electron chi connectivity index (χ2n) is 3.29. The third-order valence-corrected chi connectivity index (χ3v) is 2.43. The lowest BCUT2D eigenvalue weighted by Gasteiger charge is -2.33. The first-order valence-electron chi connectivity index (χ1n) is 4.55. The Hall–Kier alpha value is -0.530. The first kappa shape index (κ1) is 8.57.